The van der Waals surface area contributed by atoms with E-state index >= 15 is 0 Å². The largest absolute Gasteiger partial charge is 0.461 e. The molecule has 1 aliphatic heterocycles. The summed E-state index contributed by atoms with van der Waals surface area (Å²) in [6, 6.07) is 7.74. The highest BCUT2D eigenvalue weighted by Gasteiger charge is 2.50. The fourth-order valence-electron chi connectivity index (χ4n) is 2.94. The van der Waals surface area contributed by atoms with Gasteiger partial charge in [-0.05, 0) is 38.1 Å². The van der Waals surface area contributed by atoms with Gasteiger partial charge in [0.25, 0.3) is 0 Å². The minimum Gasteiger partial charge on any atom is -0.461 e. The Labute approximate surface area is 149 Å². The van der Waals surface area contributed by atoms with Crippen LogP contribution in [0.1, 0.15) is 20.8 Å². The molecular formula is C18H21NO7. The van der Waals surface area contributed by atoms with Crippen LogP contribution in [0.25, 0.3) is 11.0 Å². The average Bonchev–Trinajstić information content (AvgIpc) is 2.56. The number of hydrogen-bond acceptors (Lipinski definition) is 7. The van der Waals surface area contributed by atoms with Crippen molar-refractivity contribution in [2.75, 3.05) is 0 Å². The number of nitrogens with two attached hydrogens (primary N) is 1. The first-order valence-electron chi connectivity index (χ1n) is 8.20. The predicted molar refractivity (Wildman–Crippen MR) is 91.7 cm³/mol. The van der Waals surface area contributed by atoms with E-state index in [1.54, 1.807) is 31.2 Å². The lowest BCUT2D eigenvalue weighted by Crippen LogP contribution is -2.61. The molecule has 2 aromatic rings. The summed E-state index contributed by atoms with van der Waals surface area (Å²) < 4.78 is 21.9. The average molecular weight is 363 g/mol. The molecule has 0 aliphatic carbocycles. The molecule has 1 aromatic heterocycles. The van der Waals surface area contributed by atoms with Gasteiger partial charge in [0.2, 0.25) is 6.29 Å². The minimum absolute atomic E-state index is 0.322. The molecule has 8 heteroatoms. The van der Waals surface area contributed by atoms with Gasteiger partial charge < -0.3 is 29.5 Å². The summed E-state index contributed by atoms with van der Waals surface area (Å²) in [6.45, 7) is 5.41. The Morgan fingerprint density at radius 3 is 2.69 bits per heavy atom. The number of amides is 1. The summed E-state index contributed by atoms with van der Waals surface area (Å²) in [6.07, 6.45) is -4.19. The first-order valence-corrected chi connectivity index (χ1v) is 8.20. The summed E-state index contributed by atoms with van der Waals surface area (Å²) in [4.78, 5) is 22.5. The third-order valence-electron chi connectivity index (χ3n) is 4.73. The highest BCUT2D eigenvalue weighted by molar-refractivity contribution is 5.77. The van der Waals surface area contributed by atoms with Gasteiger partial charge in [0.1, 0.15) is 17.4 Å². The topological polar surface area (TPSA) is 121 Å². The maximum Gasteiger partial charge on any atom is 0.405 e. The quantitative estimate of drug-likeness (QED) is 0.797. The molecule has 3 rings (SSSR count). The minimum atomic E-state index is -1.08. The van der Waals surface area contributed by atoms with Crippen molar-refractivity contribution in [2.24, 2.45) is 11.7 Å². The summed E-state index contributed by atoms with van der Waals surface area (Å²) in [5, 5.41) is 11.2. The van der Waals surface area contributed by atoms with E-state index in [1.165, 1.54) is 6.07 Å². The molecule has 1 aliphatic rings. The van der Waals surface area contributed by atoms with E-state index in [1.807, 2.05) is 13.8 Å². The number of primary amides is 1. The fourth-order valence-corrected chi connectivity index (χ4v) is 2.94. The monoisotopic (exact) mass is 363 g/mol. The second-order valence-electron chi connectivity index (χ2n) is 6.84. The first kappa shape index (κ1) is 18.2. The lowest BCUT2D eigenvalue weighted by Gasteiger charge is -2.46. The van der Waals surface area contributed by atoms with E-state index in [4.69, 9.17) is 24.4 Å². The smallest absolute Gasteiger partial charge is 0.405 e. The zero-order valence-corrected chi connectivity index (χ0v) is 14.7. The molecule has 1 aromatic carbocycles. The molecule has 0 bridgehead atoms. The SMILES string of the molecule is CC1C(O)C(OC(N)=O)C(Oc2ccc3oc(=O)ccc3c2)OC1(C)C. The lowest BCUT2D eigenvalue weighted by molar-refractivity contribution is -0.283. The number of carbonyl (C=O) groups is 1. The Kier molecular flexibility index (Phi) is 4.64. The highest BCUT2D eigenvalue weighted by Crippen LogP contribution is 2.36. The molecule has 2 heterocycles. The van der Waals surface area contributed by atoms with Crippen LogP contribution in [0.2, 0.25) is 0 Å². The van der Waals surface area contributed by atoms with Crippen LogP contribution in [0.5, 0.6) is 5.75 Å². The number of carbonyl (C=O) groups excluding carboxylic acids is 1. The molecular weight excluding hydrogens is 342 g/mol. The Balaban J connectivity index is 1.90. The van der Waals surface area contributed by atoms with Gasteiger partial charge in [-0.2, -0.15) is 0 Å². The maximum atomic E-state index is 11.3. The van der Waals surface area contributed by atoms with Gasteiger partial charge in [-0.25, -0.2) is 9.59 Å². The molecule has 4 atom stereocenters. The molecule has 0 spiro atoms. The number of benzene rings is 1. The van der Waals surface area contributed by atoms with E-state index in [9.17, 15) is 14.7 Å². The second kappa shape index (κ2) is 6.62. The number of aliphatic hydroxyl groups is 1. The third kappa shape index (κ3) is 3.51. The summed E-state index contributed by atoms with van der Waals surface area (Å²) in [5.41, 5.74) is 4.36. The van der Waals surface area contributed by atoms with E-state index in [-0.39, 0.29) is 5.92 Å². The molecule has 1 saturated heterocycles. The van der Waals surface area contributed by atoms with Gasteiger partial charge in [0, 0.05) is 17.4 Å². The molecule has 26 heavy (non-hydrogen) atoms. The fraction of sp³-hybridized carbons (Fsp3) is 0.444. The van der Waals surface area contributed by atoms with Crippen LogP contribution in [0.4, 0.5) is 4.79 Å². The third-order valence-corrected chi connectivity index (χ3v) is 4.73. The van der Waals surface area contributed by atoms with Crippen LogP contribution in [0, 0.1) is 5.92 Å². The number of hydrogen-bond donors (Lipinski definition) is 2. The van der Waals surface area contributed by atoms with Crippen LogP contribution >= 0.6 is 0 Å². The van der Waals surface area contributed by atoms with Crippen LogP contribution in [0.15, 0.2) is 39.5 Å². The van der Waals surface area contributed by atoms with E-state index in [2.05, 4.69) is 0 Å². The van der Waals surface area contributed by atoms with Crippen LogP contribution in [-0.4, -0.2) is 35.3 Å². The summed E-state index contributed by atoms with van der Waals surface area (Å²) in [7, 11) is 0. The Morgan fingerprint density at radius 1 is 1.27 bits per heavy atom. The zero-order valence-electron chi connectivity index (χ0n) is 14.7. The number of rotatable bonds is 3. The molecule has 4 unspecified atom stereocenters. The molecule has 140 valence electrons. The standard InChI is InChI=1S/C18H21NO7/c1-9-14(21)15(25-17(19)22)16(26-18(9,2)3)23-11-5-6-12-10(8-11)4-7-13(20)24-12/h4-9,14-16,21H,1-3H3,(H2,19,22). The molecule has 1 fully saturated rings. The second-order valence-corrected chi connectivity index (χ2v) is 6.84. The van der Waals surface area contributed by atoms with Crippen LogP contribution in [0.3, 0.4) is 0 Å². The summed E-state index contributed by atoms with van der Waals surface area (Å²) >= 11 is 0. The van der Waals surface area contributed by atoms with Crippen LogP contribution < -0.4 is 16.1 Å². The van der Waals surface area contributed by atoms with Crippen molar-refractivity contribution in [3.05, 3.63) is 40.8 Å². The molecule has 3 N–H and O–H groups in total. The molecule has 1 amide bonds. The van der Waals surface area contributed by atoms with E-state index in [0.29, 0.717) is 16.7 Å². The van der Waals surface area contributed by atoms with Gasteiger partial charge in [0.05, 0.1) is 5.60 Å². The van der Waals surface area contributed by atoms with Gasteiger partial charge in [-0.3, -0.25) is 0 Å². The zero-order chi connectivity index (χ0) is 19.1. The molecule has 8 nitrogen and oxygen atoms in total. The van der Waals surface area contributed by atoms with Crippen molar-refractivity contribution in [1.82, 2.24) is 0 Å². The van der Waals surface area contributed by atoms with Gasteiger partial charge in [-0.1, -0.05) is 6.92 Å². The van der Waals surface area contributed by atoms with Crippen molar-refractivity contribution < 1.29 is 28.5 Å². The van der Waals surface area contributed by atoms with Crippen molar-refractivity contribution in [3.8, 4) is 5.75 Å². The maximum absolute atomic E-state index is 11.3. The Hall–Kier alpha value is -2.58. The van der Waals surface area contributed by atoms with Crippen LogP contribution in [-0.2, 0) is 9.47 Å². The lowest BCUT2D eigenvalue weighted by atomic mass is 9.82. The number of ether oxygens (including phenoxy) is 3. The number of fused-ring (bicyclic) bond motifs is 1. The van der Waals surface area contributed by atoms with E-state index < -0.39 is 35.8 Å². The van der Waals surface area contributed by atoms with Gasteiger partial charge in [0.15, 0.2) is 6.10 Å². The Morgan fingerprint density at radius 2 is 2.00 bits per heavy atom. The predicted octanol–water partition coefficient (Wildman–Crippen LogP) is 1.77. The van der Waals surface area contributed by atoms with Crippen molar-refractivity contribution in [3.63, 3.8) is 0 Å². The molecule has 0 saturated carbocycles. The van der Waals surface area contributed by atoms with Crippen molar-refractivity contribution in [1.29, 1.82) is 0 Å². The molecule has 0 radical (unpaired) electrons. The number of aliphatic hydroxyl groups excluding tert-OH is 1. The highest BCUT2D eigenvalue weighted by atomic mass is 16.7. The first-order chi connectivity index (χ1) is 12.2. The van der Waals surface area contributed by atoms with Gasteiger partial charge in [-0.15, -0.1) is 0 Å². The normalized spacial score (nSPS) is 27.8. The summed E-state index contributed by atoms with van der Waals surface area (Å²) in [5.74, 6) is 0.0737. The Bertz CT molecular complexity index is 875. The van der Waals surface area contributed by atoms with Crippen molar-refractivity contribution in [2.45, 2.75) is 44.9 Å². The van der Waals surface area contributed by atoms with Crippen molar-refractivity contribution >= 4 is 17.1 Å². The van der Waals surface area contributed by atoms with Gasteiger partial charge >= 0.3 is 11.7 Å². The van der Waals surface area contributed by atoms with E-state index in [0.717, 1.165) is 0 Å².